The zero-order valence-corrected chi connectivity index (χ0v) is 22.8. The van der Waals surface area contributed by atoms with Gasteiger partial charge in [0, 0.05) is 11.6 Å². The second-order valence-corrected chi connectivity index (χ2v) is 10.8. The standard InChI is InChI=1S/C28H25ClN4O5S/c1-3-38-28(34)24-25-27(31-23-7-5-4-6-22(23)30-25)33(17-16-18-8-12-20(37-2)13-9-18)26(24)32-39(35,36)21-14-10-19(29)11-15-21/h4-15,32H,3,16-17H2,1-2H3. The molecule has 0 fully saturated rings. The van der Waals surface area contributed by atoms with Gasteiger partial charge in [-0.05, 0) is 67.4 Å². The van der Waals surface area contributed by atoms with E-state index in [0.717, 1.165) is 11.3 Å². The fraction of sp³-hybridized carbons (Fsp3) is 0.179. The number of hydrogen-bond donors (Lipinski definition) is 1. The van der Waals surface area contributed by atoms with Crippen LogP contribution in [0.1, 0.15) is 22.8 Å². The van der Waals surface area contributed by atoms with Gasteiger partial charge in [-0.3, -0.25) is 4.72 Å². The molecule has 9 nitrogen and oxygen atoms in total. The van der Waals surface area contributed by atoms with Gasteiger partial charge >= 0.3 is 5.97 Å². The molecule has 0 spiro atoms. The number of hydrogen-bond acceptors (Lipinski definition) is 7. The topological polar surface area (TPSA) is 112 Å². The average molecular weight is 565 g/mol. The molecule has 0 atom stereocenters. The van der Waals surface area contributed by atoms with Crippen LogP contribution in [0.3, 0.4) is 0 Å². The maximum absolute atomic E-state index is 13.5. The minimum absolute atomic E-state index is 0.00243. The molecule has 0 aliphatic heterocycles. The molecule has 0 saturated carbocycles. The van der Waals surface area contributed by atoms with Gasteiger partial charge in [0.05, 0.1) is 29.6 Å². The van der Waals surface area contributed by atoms with E-state index in [4.69, 9.17) is 31.0 Å². The number of ether oxygens (including phenoxy) is 2. The number of carbonyl (C=O) groups excluding carboxylic acids is 1. The molecule has 39 heavy (non-hydrogen) atoms. The van der Waals surface area contributed by atoms with Crippen LogP contribution in [0, 0.1) is 0 Å². The van der Waals surface area contributed by atoms with E-state index < -0.39 is 16.0 Å². The number of carbonyl (C=O) groups is 1. The Bertz CT molecular complexity index is 1770. The molecule has 0 amide bonds. The summed E-state index contributed by atoms with van der Waals surface area (Å²) in [7, 11) is -2.52. The Morgan fingerprint density at radius 3 is 2.28 bits per heavy atom. The lowest BCUT2D eigenvalue weighted by Crippen LogP contribution is -2.19. The molecule has 0 bridgehead atoms. The summed E-state index contributed by atoms with van der Waals surface area (Å²) in [4.78, 5) is 22.7. The highest BCUT2D eigenvalue weighted by Crippen LogP contribution is 2.33. The molecule has 200 valence electrons. The summed E-state index contributed by atoms with van der Waals surface area (Å²) in [6.45, 7) is 2.08. The van der Waals surface area contributed by atoms with Crippen molar-refractivity contribution in [2.24, 2.45) is 0 Å². The van der Waals surface area contributed by atoms with Crippen molar-refractivity contribution in [2.75, 3.05) is 18.4 Å². The van der Waals surface area contributed by atoms with Crippen molar-refractivity contribution in [3.8, 4) is 5.75 Å². The molecule has 11 heteroatoms. The number of methoxy groups -OCH3 is 1. The number of aryl methyl sites for hydroxylation is 2. The monoisotopic (exact) mass is 564 g/mol. The molecule has 2 heterocycles. The van der Waals surface area contributed by atoms with E-state index in [2.05, 4.69) is 4.72 Å². The largest absolute Gasteiger partial charge is 0.497 e. The maximum Gasteiger partial charge on any atom is 0.344 e. The number of sulfonamides is 1. The second kappa shape index (κ2) is 10.9. The van der Waals surface area contributed by atoms with Gasteiger partial charge < -0.3 is 14.0 Å². The van der Waals surface area contributed by atoms with Gasteiger partial charge in [-0.1, -0.05) is 35.9 Å². The Morgan fingerprint density at radius 1 is 0.974 bits per heavy atom. The summed E-state index contributed by atoms with van der Waals surface area (Å²) >= 11 is 5.97. The molecule has 3 aromatic carbocycles. The third kappa shape index (κ3) is 5.39. The van der Waals surface area contributed by atoms with Crippen molar-refractivity contribution in [1.82, 2.24) is 14.5 Å². The number of nitrogens with one attached hydrogen (secondary N) is 1. The molecule has 5 aromatic rings. The van der Waals surface area contributed by atoms with E-state index in [1.54, 1.807) is 24.7 Å². The minimum Gasteiger partial charge on any atom is -0.497 e. The van der Waals surface area contributed by atoms with Crippen LogP contribution in [-0.2, 0) is 27.7 Å². The van der Waals surface area contributed by atoms with Crippen molar-refractivity contribution >= 4 is 55.6 Å². The summed E-state index contributed by atoms with van der Waals surface area (Å²) in [5.41, 5.74) is 2.76. The lowest BCUT2D eigenvalue weighted by Gasteiger charge is -2.14. The molecule has 1 N–H and O–H groups in total. The number of halogens is 1. The zero-order chi connectivity index (χ0) is 27.6. The smallest absolute Gasteiger partial charge is 0.344 e. The molecule has 0 saturated heterocycles. The number of aromatic nitrogens is 3. The van der Waals surface area contributed by atoms with Crippen LogP contribution in [0.2, 0.25) is 5.02 Å². The number of rotatable bonds is 9. The number of benzene rings is 3. The van der Waals surface area contributed by atoms with Crippen LogP contribution in [0.4, 0.5) is 5.82 Å². The summed E-state index contributed by atoms with van der Waals surface area (Å²) < 4.78 is 41.8. The Hall–Kier alpha value is -4.15. The van der Waals surface area contributed by atoms with E-state index in [1.165, 1.54) is 24.3 Å². The SMILES string of the molecule is CCOC(=O)c1c(NS(=O)(=O)c2ccc(Cl)cc2)n(CCc2ccc(OC)cc2)c2nc3ccccc3nc12. The molecular weight excluding hydrogens is 540 g/mol. The Labute approximate surface area is 230 Å². The van der Waals surface area contributed by atoms with Gasteiger partial charge in [0.25, 0.3) is 10.0 Å². The van der Waals surface area contributed by atoms with Crippen molar-refractivity contribution < 1.29 is 22.7 Å². The van der Waals surface area contributed by atoms with Crippen LogP contribution in [0.25, 0.3) is 22.2 Å². The number of fused-ring (bicyclic) bond motifs is 2. The third-order valence-corrected chi connectivity index (χ3v) is 7.78. The lowest BCUT2D eigenvalue weighted by molar-refractivity contribution is 0.0529. The number of anilines is 1. The highest BCUT2D eigenvalue weighted by Gasteiger charge is 2.30. The van der Waals surface area contributed by atoms with E-state index in [9.17, 15) is 13.2 Å². The summed E-state index contributed by atoms with van der Waals surface area (Å²) in [5.74, 6) is 0.0508. The summed E-state index contributed by atoms with van der Waals surface area (Å²) in [5, 5.41) is 0.398. The molecule has 0 radical (unpaired) electrons. The zero-order valence-electron chi connectivity index (χ0n) is 21.2. The Balaban J connectivity index is 1.70. The van der Waals surface area contributed by atoms with Gasteiger partial charge in [0.1, 0.15) is 22.6 Å². The quantitative estimate of drug-likeness (QED) is 0.236. The average Bonchev–Trinajstić information content (AvgIpc) is 3.22. The summed E-state index contributed by atoms with van der Waals surface area (Å²) in [6.07, 6.45) is 0.514. The first-order chi connectivity index (χ1) is 18.8. The van der Waals surface area contributed by atoms with Crippen LogP contribution in [0.15, 0.2) is 77.7 Å². The number of para-hydroxylation sites is 2. The van der Waals surface area contributed by atoms with Gasteiger partial charge in [-0.2, -0.15) is 0 Å². The summed E-state index contributed by atoms with van der Waals surface area (Å²) in [6, 6.07) is 20.6. The molecule has 0 unspecified atom stereocenters. The van der Waals surface area contributed by atoms with Crippen molar-refractivity contribution in [3.05, 3.63) is 88.9 Å². The first kappa shape index (κ1) is 26.5. The van der Waals surface area contributed by atoms with Crippen LogP contribution in [0.5, 0.6) is 5.75 Å². The van der Waals surface area contributed by atoms with Gasteiger partial charge in [-0.15, -0.1) is 0 Å². The fourth-order valence-electron chi connectivity index (χ4n) is 4.25. The van der Waals surface area contributed by atoms with Crippen molar-refractivity contribution in [2.45, 2.75) is 24.8 Å². The van der Waals surface area contributed by atoms with Crippen molar-refractivity contribution in [1.29, 1.82) is 0 Å². The fourth-order valence-corrected chi connectivity index (χ4v) is 5.46. The molecular formula is C28H25ClN4O5S. The predicted octanol–water partition coefficient (Wildman–Crippen LogP) is 5.47. The second-order valence-electron chi connectivity index (χ2n) is 8.64. The predicted molar refractivity (Wildman–Crippen MR) is 150 cm³/mol. The minimum atomic E-state index is -4.12. The first-order valence-corrected chi connectivity index (χ1v) is 14.0. The Kier molecular flexibility index (Phi) is 7.40. The molecule has 2 aromatic heterocycles. The number of nitrogens with zero attached hydrogens (tertiary/aromatic N) is 3. The highest BCUT2D eigenvalue weighted by atomic mass is 35.5. The van der Waals surface area contributed by atoms with E-state index in [1.807, 2.05) is 42.5 Å². The Morgan fingerprint density at radius 2 is 1.64 bits per heavy atom. The van der Waals surface area contributed by atoms with Crippen LogP contribution < -0.4 is 9.46 Å². The first-order valence-electron chi connectivity index (χ1n) is 12.2. The normalized spacial score (nSPS) is 11.6. The van der Waals surface area contributed by atoms with E-state index in [0.29, 0.717) is 34.7 Å². The van der Waals surface area contributed by atoms with Gasteiger partial charge in [-0.25, -0.2) is 23.2 Å². The van der Waals surface area contributed by atoms with E-state index >= 15 is 0 Å². The van der Waals surface area contributed by atoms with Gasteiger partial charge in [0.15, 0.2) is 5.65 Å². The molecule has 0 aliphatic rings. The van der Waals surface area contributed by atoms with E-state index in [-0.39, 0.29) is 28.4 Å². The molecule has 0 aliphatic carbocycles. The van der Waals surface area contributed by atoms with Gasteiger partial charge in [0.2, 0.25) is 0 Å². The molecule has 5 rings (SSSR count). The maximum atomic E-state index is 13.5. The van der Waals surface area contributed by atoms with Crippen LogP contribution >= 0.6 is 11.6 Å². The van der Waals surface area contributed by atoms with Crippen molar-refractivity contribution in [3.63, 3.8) is 0 Å². The van der Waals surface area contributed by atoms with Crippen LogP contribution in [-0.4, -0.2) is 42.6 Å². The lowest BCUT2D eigenvalue weighted by atomic mass is 10.1. The number of esters is 1. The third-order valence-electron chi connectivity index (χ3n) is 6.17. The highest BCUT2D eigenvalue weighted by molar-refractivity contribution is 7.92.